The number of esters is 1. The second-order valence-electron chi connectivity index (χ2n) is 5.01. The zero-order valence-electron chi connectivity index (χ0n) is 15.8. The molecule has 0 saturated heterocycles. The van der Waals surface area contributed by atoms with Gasteiger partial charge in [-0.25, -0.2) is 0 Å². The first-order valence-corrected chi connectivity index (χ1v) is 7.85. The topological polar surface area (TPSA) is 78.9 Å². The lowest BCUT2D eigenvalue weighted by Gasteiger charge is -2.00. The average molecular weight is 334 g/mol. The van der Waals surface area contributed by atoms with Crippen LogP contribution in [0.4, 0.5) is 0 Å². The SMILES string of the molecule is CCCCCCC(=O)OC.COC(C)C(C)=O.COCC(C)=O. The summed E-state index contributed by atoms with van der Waals surface area (Å²) in [5.41, 5.74) is 0. The minimum atomic E-state index is -0.236. The van der Waals surface area contributed by atoms with E-state index in [1.54, 1.807) is 6.92 Å². The second-order valence-corrected chi connectivity index (χ2v) is 5.01. The molecule has 0 amide bonds. The van der Waals surface area contributed by atoms with Crippen molar-refractivity contribution in [2.75, 3.05) is 27.9 Å². The Bertz CT molecular complexity index is 301. The quantitative estimate of drug-likeness (QED) is 0.476. The van der Waals surface area contributed by atoms with Crippen LogP contribution in [0, 0.1) is 0 Å². The van der Waals surface area contributed by atoms with Gasteiger partial charge >= 0.3 is 5.97 Å². The van der Waals surface area contributed by atoms with Gasteiger partial charge in [-0.2, -0.15) is 0 Å². The molecule has 138 valence electrons. The molecular weight excluding hydrogens is 300 g/mol. The molecule has 23 heavy (non-hydrogen) atoms. The molecule has 1 atom stereocenters. The monoisotopic (exact) mass is 334 g/mol. The Labute approximate surface area is 140 Å². The van der Waals surface area contributed by atoms with E-state index in [2.05, 4.69) is 21.1 Å². The van der Waals surface area contributed by atoms with Gasteiger partial charge in [-0.05, 0) is 27.2 Å². The van der Waals surface area contributed by atoms with Gasteiger partial charge in [0.25, 0.3) is 0 Å². The molecule has 0 saturated carbocycles. The number of Topliss-reactive ketones (excluding diaryl/α,β-unsaturated/α-hetero) is 2. The molecule has 6 heteroatoms. The van der Waals surface area contributed by atoms with Crippen LogP contribution in [0.1, 0.15) is 59.8 Å². The van der Waals surface area contributed by atoms with Gasteiger partial charge < -0.3 is 14.2 Å². The predicted octanol–water partition coefficient (Wildman–Crippen LogP) is 2.96. The number of hydrogen-bond acceptors (Lipinski definition) is 6. The van der Waals surface area contributed by atoms with Crippen LogP contribution < -0.4 is 0 Å². The molecule has 0 radical (unpaired) electrons. The Hall–Kier alpha value is -1.27. The van der Waals surface area contributed by atoms with Crippen molar-refractivity contribution in [1.82, 2.24) is 0 Å². The van der Waals surface area contributed by atoms with Crippen LogP contribution in [0.5, 0.6) is 0 Å². The molecule has 0 aliphatic carbocycles. The van der Waals surface area contributed by atoms with Crippen LogP contribution in [0.3, 0.4) is 0 Å². The van der Waals surface area contributed by atoms with Crippen molar-refractivity contribution < 1.29 is 28.6 Å². The third-order valence-electron chi connectivity index (χ3n) is 2.74. The fourth-order valence-corrected chi connectivity index (χ4v) is 1.17. The maximum Gasteiger partial charge on any atom is 0.305 e. The Balaban J connectivity index is -0.000000272. The maximum absolute atomic E-state index is 10.6. The number of unbranched alkanes of at least 4 members (excludes halogenated alkanes) is 3. The molecule has 0 aliphatic heterocycles. The van der Waals surface area contributed by atoms with Gasteiger partial charge in [0.05, 0.1) is 7.11 Å². The van der Waals surface area contributed by atoms with Crippen molar-refractivity contribution in [3.63, 3.8) is 0 Å². The fraction of sp³-hybridized carbons (Fsp3) is 0.824. The van der Waals surface area contributed by atoms with Crippen molar-refractivity contribution in [3.05, 3.63) is 0 Å². The van der Waals surface area contributed by atoms with E-state index in [0.29, 0.717) is 6.42 Å². The summed E-state index contributed by atoms with van der Waals surface area (Å²) in [7, 11) is 4.45. The molecule has 0 aromatic rings. The summed E-state index contributed by atoms with van der Waals surface area (Å²) in [5, 5.41) is 0. The van der Waals surface area contributed by atoms with Crippen LogP contribution in [-0.4, -0.2) is 51.6 Å². The Morgan fingerprint density at radius 2 is 1.52 bits per heavy atom. The number of carbonyl (C=O) groups excluding carboxylic acids is 3. The lowest BCUT2D eigenvalue weighted by Crippen LogP contribution is -2.14. The predicted molar refractivity (Wildman–Crippen MR) is 90.5 cm³/mol. The van der Waals surface area contributed by atoms with Gasteiger partial charge in [0.1, 0.15) is 12.7 Å². The lowest BCUT2D eigenvalue weighted by molar-refractivity contribution is -0.140. The molecule has 0 aromatic heterocycles. The second kappa shape index (κ2) is 20.7. The third kappa shape index (κ3) is 29.4. The molecule has 0 aliphatic rings. The normalized spacial score (nSPS) is 10.4. The first kappa shape index (κ1) is 26.6. The van der Waals surface area contributed by atoms with Crippen LogP contribution >= 0.6 is 0 Å². The van der Waals surface area contributed by atoms with Crippen molar-refractivity contribution in [1.29, 1.82) is 0 Å². The Morgan fingerprint density at radius 3 is 1.74 bits per heavy atom. The molecule has 0 heterocycles. The van der Waals surface area contributed by atoms with Gasteiger partial charge in [0.2, 0.25) is 0 Å². The summed E-state index contributed by atoms with van der Waals surface area (Å²) in [6.45, 7) is 7.11. The minimum Gasteiger partial charge on any atom is -0.469 e. The van der Waals surface area contributed by atoms with Gasteiger partial charge in [-0.15, -0.1) is 0 Å². The van der Waals surface area contributed by atoms with Crippen molar-refractivity contribution in [3.8, 4) is 0 Å². The van der Waals surface area contributed by atoms with E-state index in [1.165, 1.54) is 48.0 Å². The highest BCUT2D eigenvalue weighted by atomic mass is 16.5. The van der Waals surface area contributed by atoms with Gasteiger partial charge in [-0.3, -0.25) is 14.4 Å². The highest BCUT2D eigenvalue weighted by molar-refractivity contribution is 5.79. The zero-order chi connectivity index (χ0) is 18.7. The molecular formula is C17H34O6. The number of methoxy groups -OCH3 is 3. The van der Waals surface area contributed by atoms with E-state index in [-0.39, 0.29) is 30.2 Å². The van der Waals surface area contributed by atoms with E-state index < -0.39 is 0 Å². The number of carbonyl (C=O) groups is 3. The smallest absolute Gasteiger partial charge is 0.305 e. The number of hydrogen-bond donors (Lipinski definition) is 0. The largest absolute Gasteiger partial charge is 0.469 e. The summed E-state index contributed by atoms with van der Waals surface area (Å²) in [6.07, 6.45) is 4.89. The van der Waals surface area contributed by atoms with Crippen LogP contribution in [0.15, 0.2) is 0 Å². The van der Waals surface area contributed by atoms with Gasteiger partial charge in [0, 0.05) is 20.6 Å². The highest BCUT2D eigenvalue weighted by Crippen LogP contribution is 2.02. The van der Waals surface area contributed by atoms with E-state index in [1.807, 2.05) is 0 Å². The zero-order valence-corrected chi connectivity index (χ0v) is 15.8. The molecule has 0 rings (SSSR count). The van der Waals surface area contributed by atoms with Gasteiger partial charge in [-0.1, -0.05) is 26.2 Å². The van der Waals surface area contributed by atoms with Gasteiger partial charge in [0.15, 0.2) is 11.6 Å². The fourth-order valence-electron chi connectivity index (χ4n) is 1.17. The summed E-state index contributed by atoms with van der Waals surface area (Å²) in [4.78, 5) is 30.7. The summed E-state index contributed by atoms with van der Waals surface area (Å²) in [5.74, 6) is 0.0519. The van der Waals surface area contributed by atoms with E-state index in [0.717, 1.165) is 12.8 Å². The number of ether oxygens (including phenoxy) is 3. The summed E-state index contributed by atoms with van der Waals surface area (Å²) >= 11 is 0. The standard InChI is InChI=1S/C8H16O2.C5H10O2.C4H8O2/c1-3-4-5-6-7-8(9)10-2;1-4(6)5(2)7-3;1-4(5)3-6-2/h3-7H2,1-2H3;5H,1-3H3;3H2,1-2H3. The molecule has 0 spiro atoms. The van der Waals surface area contributed by atoms with Crippen molar-refractivity contribution >= 4 is 17.5 Å². The third-order valence-corrected chi connectivity index (χ3v) is 2.74. The van der Waals surface area contributed by atoms with Crippen LogP contribution in [0.25, 0.3) is 0 Å². The molecule has 0 fully saturated rings. The summed E-state index contributed by atoms with van der Waals surface area (Å²) in [6, 6.07) is 0. The van der Waals surface area contributed by atoms with Crippen molar-refractivity contribution in [2.45, 2.75) is 65.9 Å². The molecule has 6 nitrogen and oxygen atoms in total. The lowest BCUT2D eigenvalue weighted by atomic mass is 10.2. The van der Waals surface area contributed by atoms with E-state index in [9.17, 15) is 14.4 Å². The first-order valence-electron chi connectivity index (χ1n) is 7.85. The maximum atomic E-state index is 10.6. The van der Waals surface area contributed by atoms with Crippen LogP contribution in [-0.2, 0) is 28.6 Å². The van der Waals surface area contributed by atoms with E-state index >= 15 is 0 Å². The molecule has 1 unspecified atom stereocenters. The molecule has 0 bridgehead atoms. The molecule has 0 aromatic carbocycles. The van der Waals surface area contributed by atoms with Crippen molar-refractivity contribution in [2.24, 2.45) is 0 Å². The number of ketones is 2. The molecule has 0 N–H and O–H groups in total. The van der Waals surface area contributed by atoms with Crippen LogP contribution in [0.2, 0.25) is 0 Å². The Morgan fingerprint density at radius 1 is 0.957 bits per heavy atom. The Kier molecular flexibility index (Phi) is 24.0. The average Bonchev–Trinajstić information content (AvgIpc) is 2.51. The highest BCUT2D eigenvalue weighted by Gasteiger charge is 2.01. The first-order chi connectivity index (χ1) is 10.8. The number of rotatable bonds is 9. The van der Waals surface area contributed by atoms with E-state index in [4.69, 9.17) is 0 Å². The minimum absolute atomic E-state index is 0.0671. The summed E-state index contributed by atoms with van der Waals surface area (Å²) < 4.78 is 13.6.